The van der Waals surface area contributed by atoms with E-state index in [9.17, 15) is 0 Å². The predicted octanol–water partition coefficient (Wildman–Crippen LogP) is 4.82. The Hall–Kier alpha value is -3.58. The molecule has 0 saturated heterocycles. The normalized spacial score (nSPS) is 15.3. The Morgan fingerprint density at radius 2 is 2.00 bits per heavy atom. The molecule has 3 heterocycles. The zero-order valence-electron chi connectivity index (χ0n) is 16.9. The molecular formula is C23H23N5O2. The lowest BCUT2D eigenvalue weighted by atomic mass is 10.1. The van der Waals surface area contributed by atoms with Crippen molar-refractivity contribution >= 4 is 22.5 Å². The number of nitrogens with one attached hydrogen (secondary N) is 1. The second-order valence-electron chi connectivity index (χ2n) is 7.26. The molecule has 0 fully saturated rings. The summed E-state index contributed by atoms with van der Waals surface area (Å²) in [6.07, 6.45) is 1.48. The number of ether oxygens (including phenoxy) is 2. The van der Waals surface area contributed by atoms with Gasteiger partial charge in [-0.3, -0.25) is 0 Å². The van der Waals surface area contributed by atoms with Crippen molar-refractivity contribution in [3.63, 3.8) is 0 Å². The van der Waals surface area contributed by atoms with Crippen LogP contribution in [0.3, 0.4) is 0 Å². The molecule has 1 atom stereocenters. The number of nitrogens with two attached hydrogens (primary N) is 1. The van der Waals surface area contributed by atoms with Crippen LogP contribution in [0, 0.1) is 0 Å². The third-order valence-electron chi connectivity index (χ3n) is 5.33. The van der Waals surface area contributed by atoms with Crippen molar-refractivity contribution in [2.24, 2.45) is 0 Å². The molecule has 7 nitrogen and oxygen atoms in total. The van der Waals surface area contributed by atoms with E-state index in [0.717, 1.165) is 51.7 Å². The third kappa shape index (κ3) is 3.04. The summed E-state index contributed by atoms with van der Waals surface area (Å²) in [4.78, 5) is 8.69. The van der Waals surface area contributed by atoms with Crippen molar-refractivity contribution in [2.45, 2.75) is 26.6 Å². The lowest BCUT2D eigenvalue weighted by molar-refractivity contribution is 0.0783. The summed E-state index contributed by atoms with van der Waals surface area (Å²) in [7, 11) is 0. The number of benzene rings is 2. The molecule has 0 amide bonds. The minimum Gasteiger partial charge on any atom is -0.457 e. The fourth-order valence-corrected chi connectivity index (χ4v) is 4.02. The van der Waals surface area contributed by atoms with E-state index in [1.165, 1.54) is 6.33 Å². The number of nitrogens with zero attached hydrogens (tertiary/aromatic N) is 3. The van der Waals surface area contributed by atoms with Gasteiger partial charge in [-0.15, -0.1) is 0 Å². The average Bonchev–Trinajstić information content (AvgIpc) is 3.28. The maximum atomic E-state index is 6.23. The first kappa shape index (κ1) is 18.4. The Labute approximate surface area is 174 Å². The van der Waals surface area contributed by atoms with E-state index >= 15 is 0 Å². The Bertz CT molecular complexity index is 1220. The van der Waals surface area contributed by atoms with Gasteiger partial charge in [-0.25, -0.2) is 9.97 Å². The highest BCUT2D eigenvalue weighted by Crippen LogP contribution is 2.40. The molecule has 5 rings (SSSR count). The smallest absolute Gasteiger partial charge is 0.151 e. The summed E-state index contributed by atoms with van der Waals surface area (Å²) >= 11 is 0. The first-order valence-corrected chi connectivity index (χ1v) is 10.0. The molecule has 0 spiro atoms. The van der Waals surface area contributed by atoms with Crippen molar-refractivity contribution in [1.29, 1.82) is 0 Å². The standard InChI is InChI=1S/C23H23N5O2/c1-3-25-15-5-4-6-18(11-15)30-17-9-7-16(8-10-17)28-19-12-29-14(2)20(19)21-22(28)23(24)27-13-26-21/h4-11,13-14,25H,3,12H2,1-2H3,(H2,24,26,27). The summed E-state index contributed by atoms with van der Waals surface area (Å²) in [5, 5.41) is 3.29. The molecule has 1 aliphatic heterocycles. The topological polar surface area (TPSA) is 87.2 Å². The number of nitrogen functional groups attached to an aromatic ring is 1. The summed E-state index contributed by atoms with van der Waals surface area (Å²) < 4.78 is 14.0. The van der Waals surface area contributed by atoms with E-state index in [2.05, 4.69) is 26.8 Å². The van der Waals surface area contributed by atoms with Gasteiger partial charge < -0.3 is 25.1 Å². The van der Waals surface area contributed by atoms with E-state index in [1.54, 1.807) is 0 Å². The Morgan fingerprint density at radius 3 is 2.80 bits per heavy atom. The number of rotatable bonds is 5. The molecule has 3 N–H and O–H groups in total. The summed E-state index contributed by atoms with van der Waals surface area (Å²) in [6, 6.07) is 15.8. The van der Waals surface area contributed by atoms with E-state index in [1.807, 2.05) is 55.5 Å². The van der Waals surface area contributed by atoms with Gasteiger partial charge in [0.25, 0.3) is 0 Å². The SMILES string of the molecule is CCNc1cccc(Oc2ccc(-n3c4c(c5ncnc(N)c53)C(C)OC4)cc2)c1. The molecule has 2 aromatic carbocycles. The number of fused-ring (bicyclic) bond motifs is 3. The molecule has 30 heavy (non-hydrogen) atoms. The van der Waals surface area contributed by atoms with Gasteiger partial charge in [0.1, 0.15) is 28.9 Å². The fraction of sp³-hybridized carbons (Fsp3) is 0.217. The molecule has 1 aliphatic rings. The van der Waals surface area contributed by atoms with Gasteiger partial charge >= 0.3 is 0 Å². The zero-order chi connectivity index (χ0) is 20.7. The highest BCUT2D eigenvalue weighted by Gasteiger charge is 2.30. The van der Waals surface area contributed by atoms with Gasteiger partial charge in [-0.2, -0.15) is 0 Å². The molecule has 7 heteroatoms. The Kier molecular flexibility index (Phi) is 4.52. The molecule has 0 radical (unpaired) electrons. The highest BCUT2D eigenvalue weighted by atomic mass is 16.5. The van der Waals surface area contributed by atoms with Crippen LogP contribution in [0.2, 0.25) is 0 Å². The van der Waals surface area contributed by atoms with Crippen LogP contribution in [0.25, 0.3) is 16.7 Å². The van der Waals surface area contributed by atoms with E-state index in [4.69, 9.17) is 15.2 Å². The molecule has 0 bridgehead atoms. The van der Waals surface area contributed by atoms with Gasteiger partial charge in [0.15, 0.2) is 5.82 Å². The van der Waals surface area contributed by atoms with Crippen LogP contribution in [0.5, 0.6) is 11.5 Å². The first-order chi connectivity index (χ1) is 14.7. The van der Waals surface area contributed by atoms with Crippen molar-refractivity contribution in [2.75, 3.05) is 17.6 Å². The average molecular weight is 401 g/mol. The number of aromatic nitrogens is 3. The summed E-state index contributed by atoms with van der Waals surface area (Å²) in [5.74, 6) is 2.00. The van der Waals surface area contributed by atoms with Crippen molar-refractivity contribution < 1.29 is 9.47 Å². The lowest BCUT2D eigenvalue weighted by Gasteiger charge is -2.12. The largest absolute Gasteiger partial charge is 0.457 e. The zero-order valence-corrected chi connectivity index (χ0v) is 16.9. The van der Waals surface area contributed by atoms with Crippen LogP contribution in [-0.4, -0.2) is 21.1 Å². The molecule has 0 aliphatic carbocycles. The fourth-order valence-electron chi connectivity index (χ4n) is 4.02. The second kappa shape index (κ2) is 7.35. The van der Waals surface area contributed by atoms with Gasteiger partial charge in [0, 0.05) is 29.5 Å². The third-order valence-corrected chi connectivity index (χ3v) is 5.33. The van der Waals surface area contributed by atoms with E-state index in [-0.39, 0.29) is 6.10 Å². The lowest BCUT2D eigenvalue weighted by Crippen LogP contribution is -2.03. The molecule has 2 aromatic heterocycles. The molecule has 152 valence electrons. The van der Waals surface area contributed by atoms with Crippen LogP contribution in [0.1, 0.15) is 31.2 Å². The Morgan fingerprint density at radius 1 is 1.17 bits per heavy atom. The van der Waals surface area contributed by atoms with Crippen LogP contribution < -0.4 is 15.8 Å². The Balaban J connectivity index is 1.51. The monoisotopic (exact) mass is 401 g/mol. The number of hydrogen-bond donors (Lipinski definition) is 2. The van der Waals surface area contributed by atoms with Gasteiger partial charge in [-0.1, -0.05) is 6.07 Å². The number of anilines is 2. The van der Waals surface area contributed by atoms with E-state index < -0.39 is 0 Å². The van der Waals surface area contributed by atoms with Gasteiger partial charge in [-0.05, 0) is 50.2 Å². The second-order valence-corrected chi connectivity index (χ2v) is 7.26. The summed E-state index contributed by atoms with van der Waals surface area (Å²) in [6.45, 7) is 5.48. The van der Waals surface area contributed by atoms with Crippen LogP contribution in [0.15, 0.2) is 54.9 Å². The first-order valence-electron chi connectivity index (χ1n) is 10.0. The minimum atomic E-state index is -0.0235. The van der Waals surface area contributed by atoms with Crippen LogP contribution >= 0.6 is 0 Å². The van der Waals surface area contributed by atoms with Gasteiger partial charge in [0.05, 0.1) is 18.4 Å². The maximum Gasteiger partial charge on any atom is 0.151 e. The number of hydrogen-bond acceptors (Lipinski definition) is 6. The summed E-state index contributed by atoms with van der Waals surface area (Å²) in [5.41, 5.74) is 12.1. The highest BCUT2D eigenvalue weighted by molar-refractivity contribution is 5.91. The van der Waals surface area contributed by atoms with Gasteiger partial charge in [0.2, 0.25) is 0 Å². The maximum absolute atomic E-state index is 6.23. The van der Waals surface area contributed by atoms with Crippen molar-refractivity contribution in [3.8, 4) is 17.2 Å². The van der Waals surface area contributed by atoms with Crippen LogP contribution in [-0.2, 0) is 11.3 Å². The predicted molar refractivity (Wildman–Crippen MR) is 117 cm³/mol. The van der Waals surface area contributed by atoms with Crippen molar-refractivity contribution in [1.82, 2.24) is 14.5 Å². The quantitative estimate of drug-likeness (QED) is 0.499. The molecular weight excluding hydrogens is 378 g/mol. The van der Waals surface area contributed by atoms with Crippen molar-refractivity contribution in [3.05, 3.63) is 66.1 Å². The van der Waals surface area contributed by atoms with E-state index in [0.29, 0.717) is 12.4 Å². The molecule has 1 unspecified atom stereocenters. The minimum absolute atomic E-state index is 0.0235. The molecule has 0 saturated carbocycles. The van der Waals surface area contributed by atoms with Crippen LogP contribution in [0.4, 0.5) is 11.5 Å². The molecule has 4 aromatic rings.